The van der Waals surface area contributed by atoms with Gasteiger partial charge in [0.15, 0.2) is 11.9 Å². The van der Waals surface area contributed by atoms with Crippen LogP contribution in [0.2, 0.25) is 0 Å². The van der Waals surface area contributed by atoms with Gasteiger partial charge in [0.05, 0.1) is 38.4 Å². The molecule has 0 aliphatic carbocycles. The number of hydrogen-bond acceptors (Lipinski definition) is 8. The fourth-order valence-electron chi connectivity index (χ4n) is 4.84. The normalized spacial score (nSPS) is 23.4. The summed E-state index contributed by atoms with van der Waals surface area (Å²) in [5, 5.41) is 9.55. The number of nitrogens with zero attached hydrogens (tertiary/aromatic N) is 1. The molecule has 1 saturated heterocycles. The molecule has 2 amide bonds. The van der Waals surface area contributed by atoms with Crippen molar-refractivity contribution in [2.24, 2.45) is 11.8 Å². The van der Waals surface area contributed by atoms with E-state index in [1.807, 2.05) is 44.2 Å². The zero-order valence-electron chi connectivity index (χ0n) is 22.8. The van der Waals surface area contributed by atoms with Crippen LogP contribution in [0.1, 0.15) is 46.6 Å². The lowest BCUT2D eigenvalue weighted by atomic mass is 9.87. The third-order valence-corrected chi connectivity index (χ3v) is 6.65. The van der Waals surface area contributed by atoms with Gasteiger partial charge < -0.3 is 24.1 Å². The van der Waals surface area contributed by atoms with E-state index in [1.54, 1.807) is 32.9 Å². The van der Waals surface area contributed by atoms with Crippen molar-refractivity contribution in [3.63, 3.8) is 0 Å². The fraction of sp³-hybridized carbons (Fsp3) is 0.552. The van der Waals surface area contributed by atoms with Gasteiger partial charge in [0.25, 0.3) is 0 Å². The molecular weight excluding hydrogens is 490 g/mol. The lowest BCUT2D eigenvalue weighted by Gasteiger charge is -2.33. The predicted octanol–water partition coefficient (Wildman–Crippen LogP) is 3.80. The summed E-state index contributed by atoms with van der Waals surface area (Å²) in [6.07, 6.45) is 3.01. The summed E-state index contributed by atoms with van der Waals surface area (Å²) in [6.45, 7) is 9.80. The smallest absolute Gasteiger partial charge is 0.417 e. The molecule has 9 heteroatoms. The van der Waals surface area contributed by atoms with Gasteiger partial charge in [-0.15, -0.1) is 0 Å². The fourth-order valence-corrected chi connectivity index (χ4v) is 4.84. The molecule has 2 aliphatic heterocycles. The minimum atomic E-state index is -1.05. The number of amides is 2. The molecule has 0 saturated carbocycles. The first-order valence-corrected chi connectivity index (χ1v) is 13.0. The van der Waals surface area contributed by atoms with E-state index in [0.29, 0.717) is 25.4 Å². The molecular formula is C29H39NO8. The maximum Gasteiger partial charge on any atom is 0.417 e. The number of benzene rings is 1. The molecule has 1 N–H and O–H groups in total. The van der Waals surface area contributed by atoms with E-state index >= 15 is 0 Å². The Hall–Kier alpha value is -3.01. The molecule has 208 valence electrons. The number of hydrogen-bond donors (Lipinski definition) is 1. The maximum atomic E-state index is 13.3. The number of aliphatic hydroxyl groups excluding tert-OH is 1. The highest BCUT2D eigenvalue weighted by Gasteiger charge is 2.53. The second-order valence-electron chi connectivity index (χ2n) is 10.5. The van der Waals surface area contributed by atoms with Crippen LogP contribution in [0.3, 0.4) is 0 Å². The van der Waals surface area contributed by atoms with Crippen LogP contribution in [0.15, 0.2) is 54.3 Å². The molecule has 0 aromatic heterocycles. The average Bonchev–Trinajstić information content (AvgIpc) is 3.14. The van der Waals surface area contributed by atoms with Crippen LogP contribution in [0.25, 0.3) is 0 Å². The van der Waals surface area contributed by atoms with E-state index < -0.39 is 41.8 Å². The first kappa shape index (κ1) is 29.5. The lowest BCUT2D eigenvalue weighted by molar-refractivity contribution is -0.143. The van der Waals surface area contributed by atoms with E-state index in [0.717, 1.165) is 10.5 Å². The molecule has 2 aliphatic rings. The van der Waals surface area contributed by atoms with Gasteiger partial charge >= 0.3 is 6.09 Å². The summed E-state index contributed by atoms with van der Waals surface area (Å²) < 4.78 is 22.7. The second-order valence-corrected chi connectivity index (χ2v) is 10.5. The summed E-state index contributed by atoms with van der Waals surface area (Å²) in [5.41, 5.74) is 0.184. The Morgan fingerprint density at radius 3 is 2.53 bits per heavy atom. The van der Waals surface area contributed by atoms with Crippen LogP contribution in [0, 0.1) is 11.8 Å². The second kappa shape index (κ2) is 13.2. The molecule has 1 fully saturated rings. The Morgan fingerprint density at radius 1 is 1.16 bits per heavy atom. The van der Waals surface area contributed by atoms with Crippen molar-refractivity contribution in [3.8, 4) is 0 Å². The number of imide groups is 1. The van der Waals surface area contributed by atoms with E-state index in [2.05, 4.69) is 0 Å². The highest BCUT2D eigenvalue weighted by molar-refractivity contribution is 6.02. The number of allylic oxidation sites excluding steroid dienone is 1. The van der Waals surface area contributed by atoms with Crippen LogP contribution >= 0.6 is 0 Å². The molecule has 0 bridgehead atoms. The zero-order chi connectivity index (χ0) is 27.9. The highest BCUT2D eigenvalue weighted by Crippen LogP contribution is 2.36. The summed E-state index contributed by atoms with van der Waals surface area (Å²) in [5.74, 6) is -1.31. The van der Waals surface area contributed by atoms with E-state index in [1.165, 1.54) is 6.08 Å². The largest absolute Gasteiger partial charge is 0.482 e. The van der Waals surface area contributed by atoms with Crippen LogP contribution in [0.5, 0.6) is 0 Å². The number of carbonyl (C=O) groups excluding carboxylic acids is 3. The molecule has 4 atom stereocenters. The number of ketones is 1. The van der Waals surface area contributed by atoms with E-state index in [4.69, 9.17) is 18.9 Å². The maximum absolute atomic E-state index is 13.3. The van der Waals surface area contributed by atoms with Gasteiger partial charge in [-0.05, 0) is 56.9 Å². The Bertz CT molecular complexity index is 1030. The molecule has 0 radical (unpaired) electrons. The molecule has 0 spiro atoms. The molecule has 38 heavy (non-hydrogen) atoms. The minimum Gasteiger partial charge on any atom is -0.482 e. The zero-order valence-corrected chi connectivity index (χ0v) is 22.8. The molecule has 1 aromatic carbocycles. The van der Waals surface area contributed by atoms with Gasteiger partial charge in [-0.25, -0.2) is 9.69 Å². The van der Waals surface area contributed by atoms with Gasteiger partial charge in [0.1, 0.15) is 17.5 Å². The Kier molecular flexibility index (Phi) is 10.2. The molecule has 9 nitrogen and oxygen atoms in total. The summed E-state index contributed by atoms with van der Waals surface area (Å²) >= 11 is 0. The van der Waals surface area contributed by atoms with E-state index in [-0.39, 0.29) is 24.9 Å². The third-order valence-electron chi connectivity index (χ3n) is 6.65. The topological polar surface area (TPSA) is 112 Å². The monoisotopic (exact) mass is 529 g/mol. The number of carbonyl (C=O) groups is 3. The van der Waals surface area contributed by atoms with E-state index in [9.17, 15) is 19.5 Å². The van der Waals surface area contributed by atoms with Gasteiger partial charge in [-0.1, -0.05) is 44.2 Å². The Balaban J connectivity index is 1.51. The van der Waals surface area contributed by atoms with Crippen molar-refractivity contribution in [2.45, 2.75) is 71.5 Å². The standard InChI is InChI=1S/C29H39NO8/c1-19(2)26-29(4,5)38-28(34)30(26)27(33)20(3)25-24(32)14-13-22(37-25)12-9-15-35-18-23(16-31)36-17-21-10-7-6-8-11-21/h6-8,10-14,19-20,23,25-26,31H,9,15-18H2,1-5H3/t20-,23+,25-,26-/m0/s1. The van der Waals surface area contributed by atoms with Crippen molar-refractivity contribution in [1.82, 2.24) is 4.90 Å². The van der Waals surface area contributed by atoms with Gasteiger partial charge in [-0.2, -0.15) is 0 Å². The van der Waals surface area contributed by atoms with Crippen molar-refractivity contribution in [2.75, 3.05) is 19.8 Å². The predicted molar refractivity (Wildman–Crippen MR) is 140 cm³/mol. The first-order valence-electron chi connectivity index (χ1n) is 13.0. The average molecular weight is 530 g/mol. The number of rotatable bonds is 12. The van der Waals surface area contributed by atoms with Gasteiger partial charge in [0, 0.05) is 0 Å². The molecule has 3 rings (SSSR count). The quantitative estimate of drug-likeness (QED) is 0.407. The Morgan fingerprint density at radius 2 is 1.87 bits per heavy atom. The summed E-state index contributed by atoms with van der Waals surface area (Å²) in [6, 6.07) is 9.23. The molecule has 1 aromatic rings. The van der Waals surface area contributed by atoms with Crippen LogP contribution in [-0.4, -0.2) is 71.5 Å². The van der Waals surface area contributed by atoms with Gasteiger partial charge in [-0.3, -0.25) is 9.59 Å². The van der Waals surface area contributed by atoms with Crippen molar-refractivity contribution in [1.29, 1.82) is 0 Å². The number of ether oxygens (including phenoxy) is 4. The molecule has 0 unspecified atom stereocenters. The first-order chi connectivity index (χ1) is 18.0. The number of aliphatic hydroxyl groups is 1. The summed E-state index contributed by atoms with van der Waals surface area (Å²) in [4.78, 5) is 39.6. The summed E-state index contributed by atoms with van der Waals surface area (Å²) in [7, 11) is 0. The Labute approximate surface area is 224 Å². The minimum absolute atomic E-state index is 0.0277. The van der Waals surface area contributed by atoms with Crippen molar-refractivity contribution >= 4 is 17.8 Å². The number of cyclic esters (lactones) is 1. The van der Waals surface area contributed by atoms with Crippen LogP contribution in [-0.2, 0) is 35.1 Å². The molecule has 2 heterocycles. The van der Waals surface area contributed by atoms with Crippen LogP contribution in [0.4, 0.5) is 4.79 Å². The SMILES string of the molecule is CC(C)[C@@H]1N(C(=O)[C@@H](C)[C@@H]2OC(=CCCOC[C@@H](CO)OCc3ccccc3)C=CC2=O)C(=O)OC1(C)C. The van der Waals surface area contributed by atoms with Crippen molar-refractivity contribution < 1.29 is 38.4 Å². The lowest BCUT2D eigenvalue weighted by Crippen LogP contribution is -2.52. The van der Waals surface area contributed by atoms with Crippen molar-refractivity contribution in [3.05, 3.63) is 59.9 Å². The highest BCUT2D eigenvalue weighted by atomic mass is 16.6. The third kappa shape index (κ3) is 7.30. The van der Waals surface area contributed by atoms with Crippen LogP contribution < -0.4 is 0 Å². The van der Waals surface area contributed by atoms with Gasteiger partial charge in [0.2, 0.25) is 5.91 Å².